The number of nitrogens with zero attached hydrogens (tertiary/aromatic N) is 1. The fourth-order valence-corrected chi connectivity index (χ4v) is 2.05. The Kier molecular flexibility index (Phi) is 3.85. The van der Waals surface area contributed by atoms with Gasteiger partial charge >= 0.3 is 0 Å². The van der Waals surface area contributed by atoms with Gasteiger partial charge < -0.3 is 14.2 Å². The van der Waals surface area contributed by atoms with Gasteiger partial charge in [0, 0.05) is 6.54 Å². The lowest BCUT2D eigenvalue weighted by Crippen LogP contribution is -2.59. The quantitative estimate of drug-likeness (QED) is 0.719. The van der Waals surface area contributed by atoms with Gasteiger partial charge in [0.2, 0.25) is 0 Å². The lowest BCUT2D eigenvalue weighted by Gasteiger charge is -2.44. The molecule has 0 amide bonds. The van der Waals surface area contributed by atoms with Gasteiger partial charge in [-0.05, 0) is 20.8 Å². The minimum atomic E-state index is -0.0702. The topological polar surface area (TPSA) is 30.9 Å². The molecular weight excluding hydrogens is 206 g/mol. The van der Waals surface area contributed by atoms with E-state index in [-0.39, 0.29) is 5.60 Å². The summed E-state index contributed by atoms with van der Waals surface area (Å²) < 4.78 is 16.6. The largest absolute Gasteiger partial charge is 0.378 e. The Bertz CT molecular complexity index is 223. The van der Waals surface area contributed by atoms with Crippen LogP contribution in [-0.4, -0.2) is 62.2 Å². The SMILES string of the molecule is CC(C)(C)OCC1COCCN1C1COC1. The first-order valence-corrected chi connectivity index (χ1v) is 6.11. The first kappa shape index (κ1) is 12.3. The van der Waals surface area contributed by atoms with Crippen LogP contribution in [0.3, 0.4) is 0 Å². The van der Waals surface area contributed by atoms with Crippen LogP contribution in [0.4, 0.5) is 0 Å². The zero-order valence-electron chi connectivity index (χ0n) is 10.6. The summed E-state index contributed by atoms with van der Waals surface area (Å²) in [6.45, 7) is 11.4. The zero-order valence-corrected chi connectivity index (χ0v) is 10.6. The second-order valence-electron chi connectivity index (χ2n) is 5.58. The van der Waals surface area contributed by atoms with E-state index in [2.05, 4.69) is 25.7 Å². The Hall–Kier alpha value is -0.160. The summed E-state index contributed by atoms with van der Waals surface area (Å²) in [6, 6.07) is 0.972. The molecule has 2 fully saturated rings. The van der Waals surface area contributed by atoms with Gasteiger partial charge in [-0.25, -0.2) is 0 Å². The van der Waals surface area contributed by atoms with Crippen molar-refractivity contribution in [3.05, 3.63) is 0 Å². The van der Waals surface area contributed by atoms with Crippen LogP contribution in [0.5, 0.6) is 0 Å². The van der Waals surface area contributed by atoms with E-state index in [9.17, 15) is 0 Å². The molecule has 16 heavy (non-hydrogen) atoms. The van der Waals surface area contributed by atoms with Crippen molar-refractivity contribution in [1.29, 1.82) is 0 Å². The summed E-state index contributed by atoms with van der Waals surface area (Å²) >= 11 is 0. The van der Waals surface area contributed by atoms with Crippen molar-refractivity contribution in [2.45, 2.75) is 38.5 Å². The number of hydrogen-bond donors (Lipinski definition) is 0. The van der Waals surface area contributed by atoms with E-state index >= 15 is 0 Å². The fourth-order valence-electron chi connectivity index (χ4n) is 2.05. The number of ether oxygens (including phenoxy) is 3. The van der Waals surface area contributed by atoms with Gasteiger partial charge in [0.25, 0.3) is 0 Å². The summed E-state index contributed by atoms with van der Waals surface area (Å²) in [5.41, 5.74) is -0.0702. The molecule has 2 heterocycles. The van der Waals surface area contributed by atoms with E-state index in [1.807, 2.05) is 0 Å². The average Bonchev–Trinajstić information content (AvgIpc) is 2.12. The third kappa shape index (κ3) is 3.17. The van der Waals surface area contributed by atoms with E-state index in [0.29, 0.717) is 12.1 Å². The van der Waals surface area contributed by atoms with Crippen LogP contribution in [0.2, 0.25) is 0 Å². The Morgan fingerprint density at radius 2 is 1.94 bits per heavy atom. The van der Waals surface area contributed by atoms with Crippen molar-refractivity contribution >= 4 is 0 Å². The van der Waals surface area contributed by atoms with Crippen molar-refractivity contribution in [3.63, 3.8) is 0 Å². The van der Waals surface area contributed by atoms with Gasteiger partial charge in [-0.3, -0.25) is 4.90 Å². The third-order valence-electron chi connectivity index (χ3n) is 3.07. The molecule has 4 nitrogen and oxygen atoms in total. The van der Waals surface area contributed by atoms with E-state index in [4.69, 9.17) is 14.2 Å². The zero-order chi connectivity index (χ0) is 11.6. The van der Waals surface area contributed by atoms with Crippen molar-refractivity contribution in [3.8, 4) is 0 Å². The van der Waals surface area contributed by atoms with Gasteiger partial charge in [-0.1, -0.05) is 0 Å². The summed E-state index contributed by atoms with van der Waals surface area (Å²) in [6.07, 6.45) is 0. The molecular formula is C12H23NO3. The van der Waals surface area contributed by atoms with Gasteiger partial charge in [0.05, 0.1) is 50.7 Å². The molecule has 1 unspecified atom stereocenters. The van der Waals surface area contributed by atoms with Crippen molar-refractivity contribution in [2.24, 2.45) is 0 Å². The molecule has 2 aliphatic heterocycles. The van der Waals surface area contributed by atoms with Gasteiger partial charge in [0.15, 0.2) is 0 Å². The van der Waals surface area contributed by atoms with E-state index < -0.39 is 0 Å². The summed E-state index contributed by atoms with van der Waals surface area (Å²) in [4.78, 5) is 2.48. The van der Waals surface area contributed by atoms with E-state index in [1.54, 1.807) is 0 Å². The first-order chi connectivity index (χ1) is 7.56. The minimum absolute atomic E-state index is 0.0702. The van der Waals surface area contributed by atoms with E-state index in [0.717, 1.165) is 39.6 Å². The lowest BCUT2D eigenvalue weighted by molar-refractivity contribution is -0.140. The summed E-state index contributed by atoms with van der Waals surface area (Å²) in [7, 11) is 0. The predicted molar refractivity (Wildman–Crippen MR) is 61.6 cm³/mol. The molecule has 0 aliphatic carbocycles. The highest BCUT2D eigenvalue weighted by molar-refractivity contribution is 4.85. The maximum atomic E-state index is 5.86. The third-order valence-corrected chi connectivity index (χ3v) is 3.07. The van der Waals surface area contributed by atoms with Crippen molar-refractivity contribution < 1.29 is 14.2 Å². The molecule has 0 N–H and O–H groups in total. The van der Waals surface area contributed by atoms with Crippen LogP contribution in [0, 0.1) is 0 Å². The molecule has 0 saturated carbocycles. The molecule has 94 valence electrons. The number of morpholine rings is 1. The first-order valence-electron chi connectivity index (χ1n) is 6.11. The molecule has 0 aromatic carbocycles. The van der Waals surface area contributed by atoms with Gasteiger partial charge in [-0.15, -0.1) is 0 Å². The predicted octanol–water partition coefficient (Wildman–Crippen LogP) is 0.901. The Morgan fingerprint density at radius 1 is 1.19 bits per heavy atom. The lowest BCUT2D eigenvalue weighted by atomic mass is 10.1. The molecule has 0 spiro atoms. The average molecular weight is 229 g/mol. The van der Waals surface area contributed by atoms with Crippen molar-refractivity contribution in [1.82, 2.24) is 4.90 Å². The Balaban J connectivity index is 1.84. The molecule has 1 atom stereocenters. The summed E-state index contributed by atoms with van der Waals surface area (Å²) in [5, 5.41) is 0. The van der Waals surface area contributed by atoms with Crippen molar-refractivity contribution in [2.75, 3.05) is 39.6 Å². The normalized spacial score (nSPS) is 29.1. The fraction of sp³-hybridized carbons (Fsp3) is 1.00. The minimum Gasteiger partial charge on any atom is -0.378 e. The highest BCUT2D eigenvalue weighted by Gasteiger charge is 2.34. The Morgan fingerprint density at radius 3 is 2.50 bits per heavy atom. The monoisotopic (exact) mass is 229 g/mol. The molecule has 2 rings (SSSR count). The second kappa shape index (κ2) is 5.00. The van der Waals surface area contributed by atoms with Crippen LogP contribution >= 0.6 is 0 Å². The van der Waals surface area contributed by atoms with Gasteiger partial charge in [-0.2, -0.15) is 0 Å². The van der Waals surface area contributed by atoms with E-state index in [1.165, 1.54) is 0 Å². The molecule has 2 aliphatic rings. The smallest absolute Gasteiger partial charge is 0.0651 e. The maximum absolute atomic E-state index is 5.86. The molecule has 0 bridgehead atoms. The number of rotatable bonds is 3. The van der Waals surface area contributed by atoms with Crippen LogP contribution in [0.15, 0.2) is 0 Å². The molecule has 0 aromatic rings. The van der Waals surface area contributed by atoms with Crippen LogP contribution in [-0.2, 0) is 14.2 Å². The highest BCUT2D eigenvalue weighted by Crippen LogP contribution is 2.19. The second-order valence-corrected chi connectivity index (χ2v) is 5.58. The highest BCUT2D eigenvalue weighted by atomic mass is 16.5. The molecule has 4 heteroatoms. The molecule has 2 saturated heterocycles. The Labute approximate surface area is 97.8 Å². The summed E-state index contributed by atoms with van der Waals surface area (Å²) in [5.74, 6) is 0. The standard InChI is InChI=1S/C12H23NO3/c1-12(2,3)16-9-11-6-14-5-4-13(11)10-7-15-8-10/h10-11H,4-9H2,1-3H3. The molecule has 0 radical (unpaired) electrons. The van der Waals surface area contributed by atoms with Crippen LogP contribution in [0.25, 0.3) is 0 Å². The number of hydrogen-bond acceptors (Lipinski definition) is 4. The van der Waals surface area contributed by atoms with Crippen LogP contribution < -0.4 is 0 Å². The maximum Gasteiger partial charge on any atom is 0.0651 e. The molecule has 0 aromatic heterocycles. The van der Waals surface area contributed by atoms with Crippen LogP contribution in [0.1, 0.15) is 20.8 Å². The van der Waals surface area contributed by atoms with Gasteiger partial charge in [0.1, 0.15) is 0 Å².